The van der Waals surface area contributed by atoms with Crippen molar-refractivity contribution in [1.29, 1.82) is 0 Å². The molecule has 2 aromatic carbocycles. The summed E-state index contributed by atoms with van der Waals surface area (Å²) in [5.41, 5.74) is 2.90. The summed E-state index contributed by atoms with van der Waals surface area (Å²) in [5, 5.41) is 3.35. The second kappa shape index (κ2) is 7.77. The molecule has 0 fully saturated rings. The number of hydrogen-bond acceptors (Lipinski definition) is 5. The second-order valence-electron chi connectivity index (χ2n) is 6.65. The first kappa shape index (κ1) is 19.3. The van der Waals surface area contributed by atoms with Gasteiger partial charge in [-0.15, -0.1) is 11.3 Å². The van der Waals surface area contributed by atoms with Crippen LogP contribution in [0.1, 0.15) is 18.2 Å². The highest BCUT2D eigenvalue weighted by Gasteiger charge is 2.18. The van der Waals surface area contributed by atoms with E-state index in [1.165, 1.54) is 29.2 Å². The number of anilines is 2. The van der Waals surface area contributed by atoms with E-state index in [1.807, 2.05) is 36.6 Å². The largest absolute Gasteiger partial charge is 0.293 e. The molecule has 0 aliphatic heterocycles. The van der Waals surface area contributed by atoms with Gasteiger partial charge in [-0.05, 0) is 42.8 Å². The lowest BCUT2D eigenvalue weighted by molar-refractivity contribution is -0.115. The van der Waals surface area contributed by atoms with Gasteiger partial charge in [0.25, 0.3) is 5.56 Å². The Labute approximate surface area is 176 Å². The van der Waals surface area contributed by atoms with Crippen molar-refractivity contribution < 1.29 is 4.79 Å². The zero-order valence-electron chi connectivity index (χ0n) is 15.8. The van der Waals surface area contributed by atoms with Crippen LogP contribution in [-0.4, -0.2) is 20.4 Å². The number of amides is 1. The quantitative estimate of drug-likeness (QED) is 0.482. The fraction of sp³-hybridized carbons (Fsp3) is 0.143. The normalized spacial score (nSPS) is 11.0. The fourth-order valence-electron chi connectivity index (χ4n) is 3.08. The summed E-state index contributed by atoms with van der Waals surface area (Å²) in [6.07, 6.45) is 1.50. The summed E-state index contributed by atoms with van der Waals surface area (Å²) < 4.78 is 1.49. The minimum absolute atomic E-state index is 0.129. The van der Waals surface area contributed by atoms with Crippen LogP contribution in [-0.2, 0) is 11.3 Å². The number of rotatable bonds is 4. The summed E-state index contributed by atoms with van der Waals surface area (Å²) in [6.45, 7) is 3.73. The predicted octanol–water partition coefficient (Wildman–Crippen LogP) is 4.55. The summed E-state index contributed by atoms with van der Waals surface area (Å²) in [4.78, 5) is 35.5. The van der Waals surface area contributed by atoms with Gasteiger partial charge in [0.2, 0.25) is 5.91 Å². The SMILES string of the molecule is CC(=O)N(c1cccc(C)c1)c1nc(Cn2cnc3ccc(Cl)cc3c2=O)cs1. The third-order valence-corrected chi connectivity index (χ3v) is 5.53. The number of aryl methyl sites for hydroxylation is 1. The molecule has 8 heteroatoms. The van der Waals surface area contributed by atoms with Crippen LogP contribution in [0.5, 0.6) is 0 Å². The third kappa shape index (κ3) is 3.92. The van der Waals surface area contributed by atoms with Crippen LogP contribution in [0, 0.1) is 6.92 Å². The maximum absolute atomic E-state index is 12.8. The summed E-state index contributed by atoms with van der Waals surface area (Å²) in [5.74, 6) is -0.129. The Morgan fingerprint density at radius 2 is 2.07 bits per heavy atom. The van der Waals surface area contributed by atoms with Crippen molar-refractivity contribution in [2.75, 3.05) is 4.90 Å². The van der Waals surface area contributed by atoms with Gasteiger partial charge in [0, 0.05) is 17.3 Å². The van der Waals surface area contributed by atoms with Crippen LogP contribution < -0.4 is 10.5 Å². The van der Waals surface area contributed by atoms with Crippen molar-refractivity contribution in [3.8, 4) is 0 Å². The first-order chi connectivity index (χ1) is 13.9. The first-order valence-corrected chi connectivity index (χ1v) is 10.1. The molecule has 0 unspecified atom stereocenters. The average Bonchev–Trinajstić information content (AvgIpc) is 3.12. The van der Waals surface area contributed by atoms with E-state index in [1.54, 1.807) is 23.1 Å². The van der Waals surface area contributed by atoms with Gasteiger partial charge in [-0.25, -0.2) is 9.97 Å². The molecule has 0 bridgehead atoms. The fourth-order valence-corrected chi connectivity index (χ4v) is 4.13. The molecule has 0 aliphatic rings. The summed E-state index contributed by atoms with van der Waals surface area (Å²) >= 11 is 7.37. The van der Waals surface area contributed by atoms with Crippen LogP contribution >= 0.6 is 22.9 Å². The molecule has 0 saturated heterocycles. The zero-order chi connectivity index (χ0) is 20.5. The number of fused-ring (bicyclic) bond motifs is 1. The Bertz CT molecular complexity index is 1280. The highest BCUT2D eigenvalue weighted by Crippen LogP contribution is 2.29. The number of carbonyl (C=O) groups is 1. The molecule has 2 aromatic heterocycles. The molecule has 0 N–H and O–H groups in total. The van der Waals surface area contributed by atoms with Crippen molar-refractivity contribution in [3.63, 3.8) is 0 Å². The van der Waals surface area contributed by atoms with E-state index in [0.717, 1.165) is 11.3 Å². The molecule has 2 heterocycles. The van der Waals surface area contributed by atoms with Gasteiger partial charge in [-0.1, -0.05) is 23.7 Å². The standard InChI is InChI=1S/C21H17ClN4O2S/c1-13-4-3-5-17(8-13)26(14(2)27)21-24-16(11-29-21)10-25-12-23-19-7-6-15(22)9-18(19)20(25)28/h3-9,11-12H,10H2,1-2H3. The van der Waals surface area contributed by atoms with Crippen molar-refractivity contribution in [3.05, 3.63) is 80.8 Å². The van der Waals surface area contributed by atoms with E-state index in [9.17, 15) is 9.59 Å². The molecule has 4 rings (SSSR count). The van der Waals surface area contributed by atoms with Gasteiger partial charge in [0.05, 0.1) is 35.2 Å². The molecule has 0 spiro atoms. The maximum Gasteiger partial charge on any atom is 0.261 e. The Hall–Kier alpha value is -3.03. The van der Waals surface area contributed by atoms with E-state index in [2.05, 4.69) is 9.97 Å². The minimum atomic E-state index is -0.186. The lowest BCUT2D eigenvalue weighted by Gasteiger charge is -2.18. The number of hydrogen-bond donors (Lipinski definition) is 0. The third-order valence-electron chi connectivity index (χ3n) is 4.42. The van der Waals surface area contributed by atoms with Crippen LogP contribution in [0.15, 0.2) is 59.0 Å². The van der Waals surface area contributed by atoms with E-state index in [-0.39, 0.29) is 18.0 Å². The molecule has 29 heavy (non-hydrogen) atoms. The van der Waals surface area contributed by atoms with Gasteiger partial charge < -0.3 is 0 Å². The Balaban J connectivity index is 1.67. The highest BCUT2D eigenvalue weighted by atomic mass is 35.5. The number of benzene rings is 2. The number of halogens is 1. The molecule has 0 atom stereocenters. The number of carbonyl (C=O) groups excluding carboxylic acids is 1. The summed E-state index contributed by atoms with van der Waals surface area (Å²) in [6, 6.07) is 12.7. The van der Waals surface area contributed by atoms with Crippen molar-refractivity contribution in [2.24, 2.45) is 0 Å². The van der Waals surface area contributed by atoms with Crippen molar-refractivity contribution >= 4 is 50.6 Å². The van der Waals surface area contributed by atoms with Crippen LogP contribution in [0.25, 0.3) is 10.9 Å². The predicted molar refractivity (Wildman–Crippen MR) is 116 cm³/mol. The monoisotopic (exact) mass is 424 g/mol. The first-order valence-electron chi connectivity index (χ1n) is 8.89. The molecule has 0 aliphatic carbocycles. The topological polar surface area (TPSA) is 68.1 Å². The molecule has 146 valence electrons. The Morgan fingerprint density at radius 1 is 1.24 bits per heavy atom. The Kier molecular flexibility index (Phi) is 5.17. The van der Waals surface area contributed by atoms with E-state index < -0.39 is 0 Å². The molecular weight excluding hydrogens is 408 g/mol. The van der Waals surface area contributed by atoms with Crippen LogP contribution in [0.2, 0.25) is 5.02 Å². The molecule has 6 nitrogen and oxygen atoms in total. The van der Waals surface area contributed by atoms with Crippen LogP contribution in [0.3, 0.4) is 0 Å². The van der Waals surface area contributed by atoms with Crippen molar-refractivity contribution in [2.45, 2.75) is 20.4 Å². The van der Waals surface area contributed by atoms with Gasteiger partial charge in [0.1, 0.15) is 0 Å². The minimum Gasteiger partial charge on any atom is -0.293 e. The smallest absolute Gasteiger partial charge is 0.261 e. The van der Waals surface area contributed by atoms with Gasteiger partial charge >= 0.3 is 0 Å². The van der Waals surface area contributed by atoms with Crippen molar-refractivity contribution in [1.82, 2.24) is 14.5 Å². The molecule has 0 saturated carbocycles. The Morgan fingerprint density at radius 3 is 2.83 bits per heavy atom. The van der Waals surface area contributed by atoms with Gasteiger partial charge in [0.15, 0.2) is 5.13 Å². The van der Waals surface area contributed by atoms with E-state index in [0.29, 0.717) is 26.8 Å². The average molecular weight is 425 g/mol. The number of aromatic nitrogens is 3. The lowest BCUT2D eigenvalue weighted by Crippen LogP contribution is -2.23. The molecule has 1 amide bonds. The number of thiazole rings is 1. The van der Waals surface area contributed by atoms with Gasteiger partial charge in [-0.3, -0.25) is 19.1 Å². The maximum atomic E-state index is 12.8. The van der Waals surface area contributed by atoms with Gasteiger partial charge in [-0.2, -0.15) is 0 Å². The molecule has 0 radical (unpaired) electrons. The van der Waals surface area contributed by atoms with Crippen LogP contribution in [0.4, 0.5) is 10.8 Å². The molecule has 4 aromatic rings. The number of nitrogens with zero attached hydrogens (tertiary/aromatic N) is 4. The van der Waals surface area contributed by atoms with E-state index in [4.69, 9.17) is 11.6 Å². The lowest BCUT2D eigenvalue weighted by atomic mass is 10.2. The zero-order valence-corrected chi connectivity index (χ0v) is 17.4. The summed E-state index contributed by atoms with van der Waals surface area (Å²) in [7, 11) is 0. The molecular formula is C21H17ClN4O2S. The van der Waals surface area contributed by atoms with E-state index >= 15 is 0 Å². The second-order valence-corrected chi connectivity index (χ2v) is 7.93. The highest BCUT2D eigenvalue weighted by molar-refractivity contribution is 7.14.